The van der Waals surface area contributed by atoms with Crippen LogP contribution in [-0.4, -0.2) is 28.9 Å². The van der Waals surface area contributed by atoms with Crippen molar-refractivity contribution in [3.63, 3.8) is 0 Å². The van der Waals surface area contributed by atoms with Crippen molar-refractivity contribution in [1.29, 1.82) is 0 Å². The molecule has 0 aliphatic rings. The zero-order chi connectivity index (χ0) is 13.4. The molecular formula is C14H20O4. The third-order valence-corrected chi connectivity index (χ3v) is 2.83. The number of hydrogen-bond acceptors (Lipinski definition) is 4. The van der Waals surface area contributed by atoms with Crippen molar-refractivity contribution in [2.24, 2.45) is 5.92 Å². The normalized spacial score (nSPS) is 13.9. The quantitative estimate of drug-likeness (QED) is 0.722. The first-order valence-electron chi connectivity index (χ1n) is 6.14. The van der Waals surface area contributed by atoms with E-state index in [1.165, 1.54) is 0 Å². The predicted octanol–water partition coefficient (Wildman–Crippen LogP) is 1.50. The van der Waals surface area contributed by atoms with Crippen LogP contribution in [0.1, 0.15) is 25.3 Å². The number of hydrogen-bond donors (Lipinski definition) is 2. The van der Waals surface area contributed by atoms with Crippen LogP contribution in [0, 0.1) is 5.92 Å². The molecule has 0 aromatic heterocycles. The van der Waals surface area contributed by atoms with Gasteiger partial charge < -0.3 is 14.9 Å². The summed E-state index contributed by atoms with van der Waals surface area (Å²) in [6.45, 7) is 1.87. The first kappa shape index (κ1) is 14.7. The van der Waals surface area contributed by atoms with Gasteiger partial charge in [-0.3, -0.25) is 4.79 Å². The van der Waals surface area contributed by atoms with Crippen molar-refractivity contribution >= 4 is 5.97 Å². The van der Waals surface area contributed by atoms with Gasteiger partial charge in [-0.25, -0.2) is 0 Å². The average Bonchev–Trinajstić information content (AvgIpc) is 2.42. The maximum Gasteiger partial charge on any atom is 0.311 e. The first-order valence-corrected chi connectivity index (χ1v) is 6.14. The number of carbonyl (C=O) groups is 1. The van der Waals surface area contributed by atoms with Gasteiger partial charge in [0.25, 0.3) is 0 Å². The van der Waals surface area contributed by atoms with Gasteiger partial charge in [0, 0.05) is 6.61 Å². The maximum atomic E-state index is 11.7. The summed E-state index contributed by atoms with van der Waals surface area (Å²) in [7, 11) is 0. The van der Waals surface area contributed by atoms with Gasteiger partial charge in [0.05, 0.1) is 12.0 Å². The van der Waals surface area contributed by atoms with Crippen LogP contribution >= 0.6 is 0 Å². The van der Waals surface area contributed by atoms with Crippen molar-refractivity contribution in [2.45, 2.75) is 32.5 Å². The smallest absolute Gasteiger partial charge is 0.311 e. The van der Waals surface area contributed by atoms with E-state index in [4.69, 9.17) is 9.84 Å². The largest absolute Gasteiger partial charge is 0.461 e. The highest BCUT2D eigenvalue weighted by molar-refractivity contribution is 5.72. The average molecular weight is 252 g/mol. The van der Waals surface area contributed by atoms with E-state index in [1.807, 2.05) is 30.3 Å². The molecule has 1 aromatic rings. The number of rotatable bonds is 7. The molecular weight excluding hydrogens is 232 g/mol. The SMILES string of the molecule is CC(C(=O)OCc1ccccc1)C(O)CCCO. The van der Waals surface area contributed by atoms with Crippen LogP contribution in [0.3, 0.4) is 0 Å². The Morgan fingerprint density at radius 1 is 1.33 bits per heavy atom. The molecule has 0 saturated heterocycles. The summed E-state index contributed by atoms with van der Waals surface area (Å²) >= 11 is 0. The van der Waals surface area contributed by atoms with E-state index in [0.29, 0.717) is 12.8 Å². The molecule has 2 unspecified atom stereocenters. The number of esters is 1. The number of aliphatic hydroxyl groups excluding tert-OH is 2. The molecule has 0 aliphatic carbocycles. The zero-order valence-corrected chi connectivity index (χ0v) is 10.6. The Kier molecular flexibility index (Phi) is 6.39. The molecule has 0 saturated carbocycles. The van der Waals surface area contributed by atoms with Gasteiger partial charge in [-0.2, -0.15) is 0 Å². The van der Waals surface area contributed by atoms with Crippen LogP contribution in [0.25, 0.3) is 0 Å². The highest BCUT2D eigenvalue weighted by Gasteiger charge is 2.22. The van der Waals surface area contributed by atoms with Gasteiger partial charge in [0.2, 0.25) is 0 Å². The van der Waals surface area contributed by atoms with Crippen molar-refractivity contribution in [3.8, 4) is 0 Å². The Bertz CT molecular complexity index is 350. The third kappa shape index (κ3) is 4.85. The molecule has 0 bridgehead atoms. The lowest BCUT2D eigenvalue weighted by atomic mass is 10.0. The summed E-state index contributed by atoms with van der Waals surface area (Å²) in [6.07, 6.45) is 0.121. The second-order valence-electron chi connectivity index (χ2n) is 4.32. The molecule has 4 heteroatoms. The number of aliphatic hydroxyl groups is 2. The number of ether oxygens (including phenoxy) is 1. The Morgan fingerprint density at radius 2 is 2.00 bits per heavy atom. The predicted molar refractivity (Wildman–Crippen MR) is 67.7 cm³/mol. The summed E-state index contributed by atoms with van der Waals surface area (Å²) in [5.74, 6) is -0.982. The highest BCUT2D eigenvalue weighted by atomic mass is 16.5. The second-order valence-corrected chi connectivity index (χ2v) is 4.32. The molecule has 2 N–H and O–H groups in total. The van der Waals surface area contributed by atoms with E-state index in [-0.39, 0.29) is 13.2 Å². The van der Waals surface area contributed by atoms with Crippen molar-refractivity contribution < 1.29 is 19.7 Å². The molecule has 0 fully saturated rings. The molecule has 4 nitrogen and oxygen atoms in total. The van der Waals surface area contributed by atoms with Crippen molar-refractivity contribution in [1.82, 2.24) is 0 Å². The molecule has 2 atom stereocenters. The van der Waals surface area contributed by atoms with Crippen LogP contribution in [0.15, 0.2) is 30.3 Å². The molecule has 1 aromatic carbocycles. The molecule has 1 rings (SSSR count). The van der Waals surface area contributed by atoms with E-state index < -0.39 is 18.0 Å². The van der Waals surface area contributed by atoms with Gasteiger partial charge in [-0.15, -0.1) is 0 Å². The van der Waals surface area contributed by atoms with Crippen LogP contribution in [0.2, 0.25) is 0 Å². The fourth-order valence-electron chi connectivity index (χ4n) is 1.57. The minimum Gasteiger partial charge on any atom is -0.461 e. The fourth-order valence-corrected chi connectivity index (χ4v) is 1.57. The third-order valence-electron chi connectivity index (χ3n) is 2.83. The van der Waals surface area contributed by atoms with Gasteiger partial charge in [-0.1, -0.05) is 30.3 Å². The molecule has 100 valence electrons. The monoisotopic (exact) mass is 252 g/mol. The lowest BCUT2D eigenvalue weighted by Gasteiger charge is -2.17. The Morgan fingerprint density at radius 3 is 2.61 bits per heavy atom. The lowest BCUT2D eigenvalue weighted by molar-refractivity contribution is -0.153. The molecule has 0 spiro atoms. The van der Waals surface area contributed by atoms with Gasteiger partial charge in [-0.05, 0) is 25.3 Å². The van der Waals surface area contributed by atoms with Crippen LogP contribution in [0.4, 0.5) is 0 Å². The highest BCUT2D eigenvalue weighted by Crippen LogP contribution is 2.12. The van der Waals surface area contributed by atoms with Crippen molar-refractivity contribution in [3.05, 3.63) is 35.9 Å². The Hall–Kier alpha value is -1.39. The molecule has 0 radical (unpaired) electrons. The Labute approximate surface area is 107 Å². The summed E-state index contributed by atoms with van der Waals surface area (Å²) < 4.78 is 5.13. The second kappa shape index (κ2) is 7.84. The first-order chi connectivity index (χ1) is 8.65. The topological polar surface area (TPSA) is 66.8 Å². The van der Waals surface area contributed by atoms with Crippen LogP contribution < -0.4 is 0 Å². The van der Waals surface area contributed by atoms with E-state index >= 15 is 0 Å². The standard InChI is InChI=1S/C14H20O4/c1-11(13(16)8-5-9-15)14(17)18-10-12-6-3-2-4-7-12/h2-4,6-7,11,13,15-16H,5,8-10H2,1H3. The van der Waals surface area contributed by atoms with E-state index in [0.717, 1.165) is 5.56 Å². The Balaban J connectivity index is 2.36. The molecule has 0 aliphatic heterocycles. The van der Waals surface area contributed by atoms with E-state index in [2.05, 4.69) is 0 Å². The summed E-state index contributed by atoms with van der Waals surface area (Å²) in [5.41, 5.74) is 0.919. The van der Waals surface area contributed by atoms with Gasteiger partial charge >= 0.3 is 5.97 Å². The van der Waals surface area contributed by atoms with Crippen LogP contribution in [0.5, 0.6) is 0 Å². The molecule has 0 amide bonds. The maximum absolute atomic E-state index is 11.7. The number of benzene rings is 1. The number of carbonyl (C=O) groups excluding carboxylic acids is 1. The van der Waals surface area contributed by atoms with Crippen molar-refractivity contribution in [2.75, 3.05) is 6.61 Å². The minimum atomic E-state index is -0.763. The molecule has 0 heterocycles. The summed E-state index contributed by atoms with van der Waals surface area (Å²) in [4.78, 5) is 11.7. The zero-order valence-electron chi connectivity index (χ0n) is 10.6. The van der Waals surface area contributed by atoms with E-state index in [1.54, 1.807) is 6.92 Å². The van der Waals surface area contributed by atoms with Gasteiger partial charge in [0.1, 0.15) is 6.61 Å². The van der Waals surface area contributed by atoms with Gasteiger partial charge in [0.15, 0.2) is 0 Å². The van der Waals surface area contributed by atoms with E-state index in [9.17, 15) is 9.90 Å². The fraction of sp³-hybridized carbons (Fsp3) is 0.500. The summed E-state index contributed by atoms with van der Waals surface area (Å²) in [5, 5.41) is 18.4. The minimum absolute atomic E-state index is 0.0167. The lowest BCUT2D eigenvalue weighted by Crippen LogP contribution is -2.27. The van der Waals surface area contributed by atoms with Crippen LogP contribution in [-0.2, 0) is 16.1 Å². The summed E-state index contributed by atoms with van der Waals surface area (Å²) in [6, 6.07) is 9.40. The molecule has 18 heavy (non-hydrogen) atoms.